The van der Waals surface area contributed by atoms with Crippen molar-refractivity contribution in [2.24, 2.45) is 11.7 Å². The van der Waals surface area contributed by atoms with Gasteiger partial charge in [-0.05, 0) is 62.9 Å². The Morgan fingerprint density at radius 3 is 2.95 bits per heavy atom. The van der Waals surface area contributed by atoms with Gasteiger partial charge in [-0.15, -0.1) is 12.4 Å². The quantitative estimate of drug-likeness (QED) is 0.873. The number of piperidine rings is 1. The second-order valence-corrected chi connectivity index (χ2v) is 5.83. The van der Waals surface area contributed by atoms with Crippen LogP contribution in [0.3, 0.4) is 0 Å². The van der Waals surface area contributed by atoms with Crippen LogP contribution >= 0.6 is 12.4 Å². The molecule has 1 fully saturated rings. The van der Waals surface area contributed by atoms with Gasteiger partial charge in [0.1, 0.15) is 5.82 Å². The molecule has 1 aliphatic rings. The molecule has 0 aliphatic carbocycles. The zero-order valence-electron chi connectivity index (χ0n) is 13.0. The SMILES string of the molecule is Cc1ccc(NC(=O)CN2CCCC(CCN)C2)cc1F.Cl. The minimum Gasteiger partial charge on any atom is -0.330 e. The van der Waals surface area contributed by atoms with Crippen molar-refractivity contribution in [3.63, 3.8) is 0 Å². The summed E-state index contributed by atoms with van der Waals surface area (Å²) in [6.07, 6.45) is 3.32. The smallest absolute Gasteiger partial charge is 0.238 e. The molecule has 0 radical (unpaired) electrons. The Balaban J connectivity index is 0.00000242. The highest BCUT2D eigenvalue weighted by molar-refractivity contribution is 5.92. The van der Waals surface area contributed by atoms with Gasteiger partial charge in [-0.25, -0.2) is 4.39 Å². The van der Waals surface area contributed by atoms with Crippen LogP contribution in [0.15, 0.2) is 18.2 Å². The highest BCUT2D eigenvalue weighted by Crippen LogP contribution is 2.19. The lowest BCUT2D eigenvalue weighted by atomic mass is 9.95. The zero-order chi connectivity index (χ0) is 15.2. The van der Waals surface area contributed by atoms with Gasteiger partial charge in [0.15, 0.2) is 0 Å². The molecule has 1 saturated heterocycles. The summed E-state index contributed by atoms with van der Waals surface area (Å²) in [5, 5.41) is 2.76. The topological polar surface area (TPSA) is 58.4 Å². The third kappa shape index (κ3) is 5.55. The Kier molecular flexibility index (Phi) is 7.79. The van der Waals surface area contributed by atoms with Crippen molar-refractivity contribution < 1.29 is 9.18 Å². The monoisotopic (exact) mass is 329 g/mol. The summed E-state index contributed by atoms with van der Waals surface area (Å²) in [6.45, 7) is 4.62. The number of amides is 1. The highest BCUT2D eigenvalue weighted by Gasteiger charge is 2.21. The number of benzene rings is 1. The molecule has 0 saturated carbocycles. The standard InChI is InChI=1S/C16H24FN3O.ClH/c1-12-4-5-14(9-15(12)17)19-16(21)11-20-8-2-3-13(10-20)6-7-18;/h4-5,9,13H,2-3,6-8,10-11,18H2,1H3,(H,19,21);1H. The largest absolute Gasteiger partial charge is 0.330 e. The number of hydrogen-bond donors (Lipinski definition) is 2. The first-order valence-electron chi connectivity index (χ1n) is 7.57. The summed E-state index contributed by atoms with van der Waals surface area (Å²) in [7, 11) is 0. The molecule has 2 rings (SSSR count). The molecule has 0 aromatic heterocycles. The van der Waals surface area contributed by atoms with Crippen LogP contribution in [0.5, 0.6) is 0 Å². The number of aryl methyl sites for hydroxylation is 1. The predicted octanol–water partition coefficient (Wildman–Crippen LogP) is 2.56. The first-order valence-corrected chi connectivity index (χ1v) is 7.57. The van der Waals surface area contributed by atoms with E-state index < -0.39 is 0 Å². The molecular formula is C16H25ClFN3O. The summed E-state index contributed by atoms with van der Waals surface area (Å²) in [4.78, 5) is 14.2. The predicted molar refractivity (Wildman–Crippen MR) is 89.9 cm³/mol. The lowest BCUT2D eigenvalue weighted by Gasteiger charge is -2.32. The van der Waals surface area contributed by atoms with Crippen LogP contribution in [0.25, 0.3) is 0 Å². The van der Waals surface area contributed by atoms with E-state index in [1.165, 1.54) is 12.5 Å². The molecule has 1 amide bonds. The fraction of sp³-hybridized carbons (Fsp3) is 0.562. The number of carbonyl (C=O) groups excluding carboxylic acids is 1. The number of rotatable bonds is 5. The number of anilines is 1. The first kappa shape index (κ1) is 18.9. The number of nitrogens with two attached hydrogens (primary N) is 1. The van der Waals surface area contributed by atoms with Gasteiger partial charge in [-0.3, -0.25) is 9.69 Å². The molecule has 0 bridgehead atoms. The maximum absolute atomic E-state index is 13.5. The molecule has 124 valence electrons. The third-order valence-corrected chi connectivity index (χ3v) is 4.00. The van der Waals surface area contributed by atoms with Crippen molar-refractivity contribution in [3.8, 4) is 0 Å². The molecule has 1 atom stereocenters. The molecule has 0 spiro atoms. The van der Waals surface area contributed by atoms with Crippen molar-refractivity contribution in [2.75, 3.05) is 31.5 Å². The molecule has 1 unspecified atom stereocenters. The molecular weight excluding hydrogens is 305 g/mol. The fourth-order valence-electron chi connectivity index (χ4n) is 2.84. The van der Waals surface area contributed by atoms with E-state index in [-0.39, 0.29) is 24.1 Å². The average Bonchev–Trinajstić information content (AvgIpc) is 2.43. The van der Waals surface area contributed by atoms with E-state index in [4.69, 9.17) is 5.73 Å². The van der Waals surface area contributed by atoms with Crippen molar-refractivity contribution in [1.82, 2.24) is 4.90 Å². The van der Waals surface area contributed by atoms with E-state index in [2.05, 4.69) is 10.2 Å². The van der Waals surface area contributed by atoms with Crippen LogP contribution in [0.4, 0.5) is 10.1 Å². The van der Waals surface area contributed by atoms with Crippen molar-refractivity contribution in [3.05, 3.63) is 29.6 Å². The Labute approximate surface area is 137 Å². The highest BCUT2D eigenvalue weighted by atomic mass is 35.5. The van der Waals surface area contributed by atoms with Crippen molar-refractivity contribution in [2.45, 2.75) is 26.2 Å². The maximum Gasteiger partial charge on any atom is 0.238 e. The molecule has 1 heterocycles. The average molecular weight is 330 g/mol. The molecule has 1 aromatic rings. The fourth-order valence-corrected chi connectivity index (χ4v) is 2.84. The number of likely N-dealkylation sites (tertiary alicyclic amines) is 1. The van der Waals surface area contributed by atoms with E-state index >= 15 is 0 Å². The summed E-state index contributed by atoms with van der Waals surface area (Å²) in [5.41, 5.74) is 6.69. The number of carbonyl (C=O) groups is 1. The van der Waals surface area contributed by atoms with Crippen LogP contribution in [0.1, 0.15) is 24.8 Å². The summed E-state index contributed by atoms with van der Waals surface area (Å²) in [6, 6.07) is 4.76. The van der Waals surface area contributed by atoms with Gasteiger partial charge in [0.05, 0.1) is 6.54 Å². The molecule has 22 heavy (non-hydrogen) atoms. The lowest BCUT2D eigenvalue weighted by molar-refractivity contribution is -0.117. The van der Waals surface area contributed by atoms with Gasteiger partial charge in [-0.1, -0.05) is 6.07 Å². The van der Waals surface area contributed by atoms with Gasteiger partial charge in [-0.2, -0.15) is 0 Å². The lowest BCUT2D eigenvalue weighted by Crippen LogP contribution is -2.40. The Hall–Kier alpha value is -1.17. The van der Waals surface area contributed by atoms with Gasteiger partial charge in [0, 0.05) is 12.2 Å². The molecule has 1 aliphatic heterocycles. The Morgan fingerprint density at radius 2 is 2.27 bits per heavy atom. The van der Waals surface area contributed by atoms with E-state index in [0.29, 0.717) is 30.3 Å². The normalized spacial score (nSPS) is 18.6. The summed E-state index contributed by atoms with van der Waals surface area (Å²) >= 11 is 0. The van der Waals surface area contributed by atoms with E-state index in [1.54, 1.807) is 19.1 Å². The maximum atomic E-state index is 13.5. The van der Waals surface area contributed by atoms with Gasteiger partial charge in [0.25, 0.3) is 0 Å². The second kappa shape index (κ2) is 9.08. The minimum absolute atomic E-state index is 0. The number of nitrogens with one attached hydrogen (secondary N) is 1. The third-order valence-electron chi connectivity index (χ3n) is 4.00. The Bertz CT molecular complexity index is 496. The molecule has 6 heteroatoms. The van der Waals surface area contributed by atoms with E-state index in [9.17, 15) is 9.18 Å². The molecule has 4 nitrogen and oxygen atoms in total. The van der Waals surface area contributed by atoms with Gasteiger partial charge in [0.2, 0.25) is 5.91 Å². The Morgan fingerprint density at radius 1 is 1.50 bits per heavy atom. The molecule has 1 aromatic carbocycles. The van der Waals surface area contributed by atoms with Crippen molar-refractivity contribution >= 4 is 24.0 Å². The number of nitrogens with zero attached hydrogens (tertiary/aromatic N) is 1. The van der Waals surface area contributed by atoms with Gasteiger partial charge < -0.3 is 11.1 Å². The van der Waals surface area contributed by atoms with E-state index in [0.717, 1.165) is 25.9 Å². The van der Waals surface area contributed by atoms with Crippen LogP contribution in [0, 0.1) is 18.7 Å². The van der Waals surface area contributed by atoms with Crippen molar-refractivity contribution in [1.29, 1.82) is 0 Å². The number of halogens is 2. The second-order valence-electron chi connectivity index (χ2n) is 5.83. The van der Waals surface area contributed by atoms with E-state index in [1.807, 2.05) is 0 Å². The van der Waals surface area contributed by atoms with Crippen LogP contribution in [0.2, 0.25) is 0 Å². The van der Waals surface area contributed by atoms with Crippen LogP contribution in [-0.2, 0) is 4.79 Å². The minimum atomic E-state index is -0.297. The zero-order valence-corrected chi connectivity index (χ0v) is 13.8. The number of hydrogen-bond acceptors (Lipinski definition) is 3. The van der Waals surface area contributed by atoms with Gasteiger partial charge >= 0.3 is 0 Å². The molecule has 3 N–H and O–H groups in total. The van der Waals surface area contributed by atoms with Crippen LogP contribution in [-0.4, -0.2) is 37.0 Å². The van der Waals surface area contributed by atoms with Crippen LogP contribution < -0.4 is 11.1 Å². The summed E-state index contributed by atoms with van der Waals surface area (Å²) < 4.78 is 13.5. The summed E-state index contributed by atoms with van der Waals surface area (Å²) in [5.74, 6) is 0.203. The first-order chi connectivity index (χ1) is 10.1.